The second-order valence-corrected chi connectivity index (χ2v) is 8.91. The first-order chi connectivity index (χ1) is 12.3. The van der Waals surface area contributed by atoms with Gasteiger partial charge in [0.15, 0.2) is 11.5 Å². The van der Waals surface area contributed by atoms with Gasteiger partial charge in [-0.05, 0) is 44.0 Å². The third kappa shape index (κ3) is 4.95. The molecule has 1 aromatic carbocycles. The highest BCUT2D eigenvalue weighted by atomic mass is 32.2. The lowest BCUT2D eigenvalue weighted by atomic mass is 10.0. The lowest BCUT2D eigenvalue weighted by Gasteiger charge is -2.18. The molecule has 3 rings (SSSR count). The Morgan fingerprint density at radius 2 is 2.00 bits per heavy atom. The Kier molecular flexibility index (Phi) is 5.48. The van der Waals surface area contributed by atoms with E-state index in [0.29, 0.717) is 18.8 Å². The first-order valence-electron chi connectivity index (χ1n) is 8.65. The minimum absolute atomic E-state index is 0.0134. The zero-order chi connectivity index (χ0) is 18.6. The van der Waals surface area contributed by atoms with Gasteiger partial charge in [-0.2, -0.15) is 0 Å². The summed E-state index contributed by atoms with van der Waals surface area (Å²) in [6.07, 6.45) is 4.52. The maximum absolute atomic E-state index is 12.1. The van der Waals surface area contributed by atoms with Gasteiger partial charge in [0.2, 0.25) is 10.0 Å². The third-order valence-corrected chi connectivity index (χ3v) is 5.53. The summed E-state index contributed by atoms with van der Waals surface area (Å²) in [7, 11) is -3.35. The van der Waals surface area contributed by atoms with Crippen molar-refractivity contribution in [2.75, 3.05) is 12.4 Å². The van der Waals surface area contributed by atoms with Crippen LogP contribution in [0.2, 0.25) is 0 Å². The monoisotopic (exact) mass is 376 g/mol. The maximum Gasteiger partial charge on any atom is 0.212 e. The van der Waals surface area contributed by atoms with Crippen LogP contribution in [0, 0.1) is 0 Å². The fourth-order valence-corrected chi connectivity index (χ4v) is 3.93. The number of para-hydroxylation sites is 1. The molecule has 0 spiro atoms. The SMILES string of the molecule is CC1(C)Cc2cccc(OCCCS(=O)(=O)NCc3ccncc3)c2O1. The van der Waals surface area contributed by atoms with E-state index in [0.717, 1.165) is 23.3 Å². The zero-order valence-electron chi connectivity index (χ0n) is 15.1. The van der Waals surface area contributed by atoms with E-state index in [1.165, 1.54) is 0 Å². The van der Waals surface area contributed by atoms with Crippen molar-refractivity contribution in [3.05, 3.63) is 53.9 Å². The molecule has 0 saturated carbocycles. The third-order valence-electron chi connectivity index (χ3n) is 4.12. The fraction of sp³-hybridized carbons (Fsp3) is 0.421. The van der Waals surface area contributed by atoms with Gasteiger partial charge in [0.05, 0.1) is 12.4 Å². The molecule has 0 atom stereocenters. The van der Waals surface area contributed by atoms with Crippen LogP contribution in [-0.4, -0.2) is 31.4 Å². The van der Waals surface area contributed by atoms with E-state index in [2.05, 4.69) is 9.71 Å². The van der Waals surface area contributed by atoms with Crippen LogP contribution in [0.1, 0.15) is 31.4 Å². The van der Waals surface area contributed by atoms with Gasteiger partial charge in [-0.3, -0.25) is 4.98 Å². The Hall–Kier alpha value is -2.12. The van der Waals surface area contributed by atoms with Gasteiger partial charge in [-0.1, -0.05) is 12.1 Å². The topological polar surface area (TPSA) is 77.5 Å². The molecular formula is C19H24N2O4S. The van der Waals surface area contributed by atoms with Crippen molar-refractivity contribution >= 4 is 10.0 Å². The molecule has 1 aromatic heterocycles. The van der Waals surface area contributed by atoms with E-state index in [1.54, 1.807) is 24.5 Å². The van der Waals surface area contributed by atoms with Crippen LogP contribution < -0.4 is 14.2 Å². The summed E-state index contributed by atoms with van der Waals surface area (Å²) in [4.78, 5) is 3.91. The highest BCUT2D eigenvalue weighted by Crippen LogP contribution is 2.41. The number of nitrogens with zero attached hydrogens (tertiary/aromatic N) is 1. The van der Waals surface area contributed by atoms with Crippen molar-refractivity contribution in [2.45, 2.75) is 38.8 Å². The molecule has 0 saturated heterocycles. The molecule has 2 heterocycles. The molecule has 0 radical (unpaired) electrons. The van der Waals surface area contributed by atoms with Gasteiger partial charge in [0.25, 0.3) is 0 Å². The van der Waals surface area contributed by atoms with Crippen molar-refractivity contribution in [3.63, 3.8) is 0 Å². The number of pyridine rings is 1. The molecule has 0 aliphatic carbocycles. The Labute approximate surface area is 154 Å². The normalized spacial score (nSPS) is 15.3. The van der Waals surface area contributed by atoms with Gasteiger partial charge in [-0.15, -0.1) is 0 Å². The van der Waals surface area contributed by atoms with E-state index in [-0.39, 0.29) is 17.9 Å². The largest absolute Gasteiger partial charge is 0.490 e. The van der Waals surface area contributed by atoms with Crippen LogP contribution in [0.4, 0.5) is 0 Å². The minimum atomic E-state index is -3.35. The van der Waals surface area contributed by atoms with Gasteiger partial charge >= 0.3 is 0 Å². The number of sulfonamides is 1. The molecule has 7 heteroatoms. The van der Waals surface area contributed by atoms with E-state index >= 15 is 0 Å². The molecule has 1 aliphatic rings. The summed E-state index contributed by atoms with van der Waals surface area (Å²) >= 11 is 0. The number of hydrogen-bond acceptors (Lipinski definition) is 5. The maximum atomic E-state index is 12.1. The van der Waals surface area contributed by atoms with E-state index < -0.39 is 10.0 Å². The first kappa shape index (κ1) is 18.7. The summed E-state index contributed by atoms with van der Waals surface area (Å²) in [5, 5.41) is 0. The molecular weight excluding hydrogens is 352 g/mol. The van der Waals surface area contributed by atoms with Crippen molar-refractivity contribution in [2.24, 2.45) is 0 Å². The van der Waals surface area contributed by atoms with Gasteiger partial charge < -0.3 is 9.47 Å². The van der Waals surface area contributed by atoms with Crippen molar-refractivity contribution in [1.82, 2.24) is 9.71 Å². The van der Waals surface area contributed by atoms with Gasteiger partial charge in [0, 0.05) is 30.9 Å². The summed E-state index contributed by atoms with van der Waals surface area (Å²) in [6, 6.07) is 9.39. The Morgan fingerprint density at radius 3 is 2.77 bits per heavy atom. The van der Waals surface area contributed by atoms with Gasteiger partial charge in [0.1, 0.15) is 5.60 Å². The average molecular weight is 376 g/mol. The minimum Gasteiger partial charge on any atom is -0.490 e. The molecule has 0 unspecified atom stereocenters. The highest BCUT2D eigenvalue weighted by molar-refractivity contribution is 7.89. The predicted octanol–water partition coefficient (Wildman–Crippen LogP) is 2.68. The van der Waals surface area contributed by atoms with Crippen LogP contribution in [-0.2, 0) is 23.0 Å². The molecule has 1 aliphatic heterocycles. The van der Waals surface area contributed by atoms with E-state index in [1.807, 2.05) is 32.0 Å². The quantitative estimate of drug-likeness (QED) is 0.717. The number of ether oxygens (including phenoxy) is 2. The molecule has 0 bridgehead atoms. The second kappa shape index (κ2) is 7.63. The van der Waals surface area contributed by atoms with E-state index in [4.69, 9.17) is 9.47 Å². The lowest BCUT2D eigenvalue weighted by Crippen LogP contribution is -2.26. The molecule has 0 fully saturated rings. The first-order valence-corrected chi connectivity index (χ1v) is 10.3. The Balaban J connectivity index is 1.47. The lowest BCUT2D eigenvalue weighted by molar-refractivity contribution is 0.132. The van der Waals surface area contributed by atoms with Crippen LogP contribution in [0.15, 0.2) is 42.7 Å². The van der Waals surface area contributed by atoms with Crippen LogP contribution in [0.5, 0.6) is 11.5 Å². The van der Waals surface area contributed by atoms with Crippen LogP contribution >= 0.6 is 0 Å². The summed E-state index contributed by atoms with van der Waals surface area (Å²) < 4.78 is 38.5. The van der Waals surface area contributed by atoms with Crippen LogP contribution in [0.25, 0.3) is 0 Å². The van der Waals surface area contributed by atoms with E-state index in [9.17, 15) is 8.42 Å². The number of benzene rings is 1. The van der Waals surface area contributed by atoms with Crippen molar-refractivity contribution in [1.29, 1.82) is 0 Å². The number of aromatic nitrogens is 1. The average Bonchev–Trinajstić information content (AvgIpc) is 2.92. The molecule has 140 valence electrons. The fourth-order valence-electron chi connectivity index (χ4n) is 2.90. The molecule has 6 nitrogen and oxygen atoms in total. The zero-order valence-corrected chi connectivity index (χ0v) is 15.9. The molecule has 2 aromatic rings. The number of hydrogen-bond donors (Lipinski definition) is 1. The molecule has 26 heavy (non-hydrogen) atoms. The van der Waals surface area contributed by atoms with Crippen molar-refractivity contribution in [3.8, 4) is 11.5 Å². The number of rotatable bonds is 8. The van der Waals surface area contributed by atoms with Crippen LogP contribution in [0.3, 0.4) is 0 Å². The predicted molar refractivity (Wildman–Crippen MR) is 99.8 cm³/mol. The Morgan fingerprint density at radius 1 is 1.23 bits per heavy atom. The number of fused-ring (bicyclic) bond motifs is 1. The Bertz CT molecular complexity index is 851. The number of nitrogens with one attached hydrogen (secondary N) is 1. The summed E-state index contributed by atoms with van der Waals surface area (Å²) in [5.74, 6) is 1.46. The summed E-state index contributed by atoms with van der Waals surface area (Å²) in [6.45, 7) is 4.66. The molecule has 1 N–H and O–H groups in total. The highest BCUT2D eigenvalue weighted by Gasteiger charge is 2.32. The second-order valence-electron chi connectivity index (χ2n) is 6.98. The van der Waals surface area contributed by atoms with Crippen molar-refractivity contribution < 1.29 is 17.9 Å². The molecule has 0 amide bonds. The summed E-state index contributed by atoms with van der Waals surface area (Å²) in [5.41, 5.74) is 1.76. The van der Waals surface area contributed by atoms with Gasteiger partial charge in [-0.25, -0.2) is 13.1 Å². The smallest absolute Gasteiger partial charge is 0.212 e. The standard InChI is InChI=1S/C19H24N2O4S/c1-19(2)13-16-5-3-6-17(18(16)25-19)24-11-4-12-26(22,23)21-14-15-7-9-20-10-8-15/h3,5-10,21H,4,11-14H2,1-2H3.